The van der Waals surface area contributed by atoms with Gasteiger partial charge in [0.05, 0.1) is 18.3 Å². The van der Waals surface area contributed by atoms with Crippen LogP contribution in [0, 0.1) is 0 Å². The molecule has 0 fully saturated rings. The molecule has 0 bridgehead atoms. The van der Waals surface area contributed by atoms with Gasteiger partial charge in [-0.05, 0) is 51.3 Å². The first-order valence-electron chi connectivity index (χ1n) is 6.10. The largest absolute Gasteiger partial charge is 0.491 e. The molecule has 17 heavy (non-hydrogen) atoms. The van der Waals surface area contributed by atoms with Crippen LogP contribution in [0.3, 0.4) is 0 Å². The molecule has 0 aliphatic heterocycles. The molecule has 96 valence electrons. The Morgan fingerprint density at radius 2 is 1.65 bits per heavy atom. The first-order valence-corrected chi connectivity index (χ1v) is 6.10. The minimum Gasteiger partial charge on any atom is -0.491 e. The summed E-state index contributed by atoms with van der Waals surface area (Å²) < 4.78 is 5.54. The maximum atomic E-state index is 9.49. The van der Waals surface area contributed by atoms with Crippen molar-refractivity contribution in [2.24, 2.45) is 0 Å². The molecule has 0 spiro atoms. The van der Waals surface area contributed by atoms with Crippen LogP contribution < -0.4 is 4.74 Å². The van der Waals surface area contributed by atoms with Crippen LogP contribution in [0.4, 0.5) is 0 Å². The highest BCUT2D eigenvalue weighted by Gasteiger charge is 2.10. The van der Waals surface area contributed by atoms with Crippen LogP contribution in [0.2, 0.25) is 0 Å². The lowest BCUT2D eigenvalue weighted by Crippen LogP contribution is -2.22. The van der Waals surface area contributed by atoms with Crippen molar-refractivity contribution in [3.05, 3.63) is 29.8 Å². The van der Waals surface area contributed by atoms with Gasteiger partial charge in [0.25, 0.3) is 0 Å². The Morgan fingerprint density at radius 1 is 1.06 bits per heavy atom. The number of benzene rings is 1. The number of aliphatic hydroxyl groups is 2. The molecule has 0 saturated carbocycles. The zero-order valence-electron chi connectivity index (χ0n) is 10.8. The van der Waals surface area contributed by atoms with Gasteiger partial charge in [-0.3, -0.25) is 0 Å². The van der Waals surface area contributed by atoms with E-state index in [4.69, 9.17) is 4.74 Å². The highest BCUT2D eigenvalue weighted by Crippen LogP contribution is 2.15. The molecule has 1 rings (SSSR count). The minimum atomic E-state index is -0.668. The maximum Gasteiger partial charge on any atom is 0.119 e. The zero-order chi connectivity index (χ0) is 12.8. The van der Waals surface area contributed by atoms with Gasteiger partial charge < -0.3 is 14.9 Å². The normalized spacial score (nSPS) is 14.7. The van der Waals surface area contributed by atoms with Gasteiger partial charge in [0.15, 0.2) is 0 Å². The van der Waals surface area contributed by atoms with Gasteiger partial charge in [-0.15, -0.1) is 0 Å². The molecule has 0 saturated heterocycles. The van der Waals surface area contributed by atoms with Crippen molar-refractivity contribution in [3.63, 3.8) is 0 Å². The van der Waals surface area contributed by atoms with E-state index in [-0.39, 0.29) is 6.10 Å². The van der Waals surface area contributed by atoms with Gasteiger partial charge in [0.1, 0.15) is 5.75 Å². The average Bonchev–Trinajstić information content (AvgIpc) is 2.26. The minimum absolute atomic E-state index is 0.179. The van der Waals surface area contributed by atoms with Gasteiger partial charge in [-0.2, -0.15) is 0 Å². The Morgan fingerprint density at radius 3 is 2.12 bits per heavy atom. The van der Waals surface area contributed by atoms with Gasteiger partial charge in [-0.1, -0.05) is 12.1 Å². The Balaban J connectivity index is 2.45. The van der Waals surface area contributed by atoms with E-state index in [0.717, 1.165) is 17.7 Å². The first kappa shape index (κ1) is 14.0. The van der Waals surface area contributed by atoms with E-state index in [1.165, 1.54) is 0 Å². The maximum absolute atomic E-state index is 9.49. The fourth-order valence-electron chi connectivity index (χ4n) is 1.56. The highest BCUT2D eigenvalue weighted by molar-refractivity contribution is 5.27. The predicted octanol–water partition coefficient (Wildman–Crippen LogP) is 2.15. The van der Waals surface area contributed by atoms with E-state index in [9.17, 15) is 10.2 Å². The molecular formula is C14H22O3. The van der Waals surface area contributed by atoms with E-state index in [1.807, 2.05) is 38.1 Å². The molecule has 0 aromatic heterocycles. The van der Waals surface area contributed by atoms with E-state index in [2.05, 4.69) is 0 Å². The fourth-order valence-corrected chi connectivity index (χ4v) is 1.56. The molecular weight excluding hydrogens is 216 g/mol. The summed E-state index contributed by atoms with van der Waals surface area (Å²) in [6.45, 7) is 5.59. The van der Waals surface area contributed by atoms with Crippen molar-refractivity contribution in [1.29, 1.82) is 0 Å². The van der Waals surface area contributed by atoms with Gasteiger partial charge in [0, 0.05) is 0 Å². The Hall–Kier alpha value is -1.06. The second kappa shape index (κ2) is 6.62. The molecule has 3 heteroatoms. The first-order chi connectivity index (χ1) is 7.99. The Kier molecular flexibility index (Phi) is 5.45. The van der Waals surface area contributed by atoms with Crippen molar-refractivity contribution in [3.8, 4) is 5.75 Å². The summed E-state index contributed by atoms with van der Waals surface area (Å²) in [5.74, 6) is 0.861. The topological polar surface area (TPSA) is 49.7 Å². The molecule has 0 aliphatic carbocycles. The summed E-state index contributed by atoms with van der Waals surface area (Å²) in [4.78, 5) is 0. The lowest BCUT2D eigenvalue weighted by atomic mass is 10.0. The summed E-state index contributed by atoms with van der Waals surface area (Å²) >= 11 is 0. The third-order valence-corrected chi connectivity index (χ3v) is 2.58. The van der Waals surface area contributed by atoms with Crippen molar-refractivity contribution >= 4 is 0 Å². The van der Waals surface area contributed by atoms with Gasteiger partial charge >= 0.3 is 0 Å². The van der Waals surface area contributed by atoms with E-state index >= 15 is 0 Å². The summed E-state index contributed by atoms with van der Waals surface area (Å²) in [7, 11) is 0. The monoisotopic (exact) mass is 238 g/mol. The van der Waals surface area contributed by atoms with Crippen LogP contribution in [0.15, 0.2) is 24.3 Å². The second-order valence-corrected chi connectivity index (χ2v) is 4.66. The number of aryl methyl sites for hydroxylation is 1. The number of hydrogen-bond donors (Lipinski definition) is 2. The summed E-state index contributed by atoms with van der Waals surface area (Å²) in [5.41, 5.74) is 1.14. The SMILES string of the molecule is CC(C)Oc1ccc(CCC(O)C(C)O)cc1. The summed E-state index contributed by atoms with van der Waals surface area (Å²) in [5, 5.41) is 18.7. The lowest BCUT2D eigenvalue weighted by molar-refractivity contribution is 0.0265. The smallest absolute Gasteiger partial charge is 0.119 e. The van der Waals surface area contributed by atoms with E-state index in [0.29, 0.717) is 6.42 Å². The molecule has 0 heterocycles. The molecule has 2 atom stereocenters. The highest BCUT2D eigenvalue weighted by atomic mass is 16.5. The number of aliphatic hydroxyl groups excluding tert-OH is 2. The third-order valence-electron chi connectivity index (χ3n) is 2.58. The van der Waals surface area contributed by atoms with Crippen LogP contribution in [0.1, 0.15) is 32.8 Å². The third kappa shape index (κ3) is 5.20. The average molecular weight is 238 g/mol. The summed E-state index contributed by atoms with van der Waals surface area (Å²) in [6, 6.07) is 7.85. The van der Waals surface area contributed by atoms with Crippen LogP contribution in [-0.4, -0.2) is 28.5 Å². The van der Waals surface area contributed by atoms with Gasteiger partial charge in [0.2, 0.25) is 0 Å². The molecule has 0 aliphatic rings. The number of hydrogen-bond acceptors (Lipinski definition) is 3. The van der Waals surface area contributed by atoms with Crippen LogP contribution in [-0.2, 0) is 6.42 Å². The molecule has 2 N–H and O–H groups in total. The molecule has 3 nitrogen and oxygen atoms in total. The molecule has 2 unspecified atom stereocenters. The lowest BCUT2D eigenvalue weighted by Gasteiger charge is -2.13. The number of ether oxygens (including phenoxy) is 1. The van der Waals surface area contributed by atoms with Crippen molar-refractivity contribution in [2.75, 3.05) is 0 Å². The molecule has 0 amide bonds. The van der Waals surface area contributed by atoms with Gasteiger partial charge in [-0.25, -0.2) is 0 Å². The van der Waals surface area contributed by atoms with Crippen molar-refractivity contribution < 1.29 is 14.9 Å². The Bertz CT molecular complexity index is 317. The predicted molar refractivity (Wildman–Crippen MR) is 68.2 cm³/mol. The number of rotatable bonds is 6. The molecule has 1 aromatic carbocycles. The Labute approximate surface area is 103 Å². The van der Waals surface area contributed by atoms with Crippen LogP contribution in [0.25, 0.3) is 0 Å². The second-order valence-electron chi connectivity index (χ2n) is 4.66. The van der Waals surface area contributed by atoms with E-state index in [1.54, 1.807) is 6.92 Å². The van der Waals surface area contributed by atoms with E-state index < -0.39 is 12.2 Å². The fraction of sp³-hybridized carbons (Fsp3) is 0.571. The quantitative estimate of drug-likeness (QED) is 0.798. The molecule has 1 aromatic rings. The summed E-state index contributed by atoms with van der Waals surface area (Å²) in [6.07, 6.45) is 0.189. The van der Waals surface area contributed by atoms with Crippen molar-refractivity contribution in [1.82, 2.24) is 0 Å². The zero-order valence-corrected chi connectivity index (χ0v) is 10.8. The van der Waals surface area contributed by atoms with Crippen LogP contribution in [0.5, 0.6) is 5.75 Å². The standard InChI is InChI=1S/C14H22O3/c1-10(2)17-13-7-4-12(5-8-13)6-9-14(16)11(3)15/h4-5,7-8,10-11,14-16H,6,9H2,1-3H3. The van der Waals surface area contributed by atoms with Crippen molar-refractivity contribution in [2.45, 2.75) is 51.9 Å². The molecule has 0 radical (unpaired) electrons. The van der Waals surface area contributed by atoms with Crippen LogP contribution >= 0.6 is 0 Å².